The van der Waals surface area contributed by atoms with Gasteiger partial charge in [0.2, 0.25) is 0 Å². The first-order valence-corrected chi connectivity index (χ1v) is 8.03. The Morgan fingerprint density at radius 2 is 2.09 bits per heavy atom. The zero-order chi connectivity index (χ0) is 15.5. The summed E-state index contributed by atoms with van der Waals surface area (Å²) in [5.41, 5.74) is 3.38. The van der Waals surface area contributed by atoms with E-state index in [1.807, 2.05) is 35.9 Å². The Morgan fingerprint density at radius 1 is 1.32 bits per heavy atom. The quantitative estimate of drug-likeness (QED) is 0.869. The van der Waals surface area contributed by atoms with E-state index in [4.69, 9.17) is 16.3 Å². The van der Waals surface area contributed by atoms with Gasteiger partial charge in [-0.3, -0.25) is 4.90 Å². The van der Waals surface area contributed by atoms with E-state index in [1.54, 1.807) is 0 Å². The Labute approximate surface area is 135 Å². The molecule has 1 aliphatic rings. The maximum absolute atomic E-state index is 5.96. The van der Waals surface area contributed by atoms with Gasteiger partial charge in [-0.2, -0.15) is 0 Å². The standard InChI is InChI=1S/C16H21ClN4O/c1-3-21-15(12(2)18-19-21)10-20-8-9-22-16(11-20)13-4-6-14(17)7-5-13/h4-7,16H,3,8-11H2,1-2H3. The molecule has 0 aliphatic carbocycles. The van der Waals surface area contributed by atoms with E-state index in [9.17, 15) is 0 Å². The molecule has 1 aromatic heterocycles. The molecule has 22 heavy (non-hydrogen) atoms. The molecule has 1 aromatic carbocycles. The molecule has 6 heteroatoms. The Balaban J connectivity index is 1.70. The van der Waals surface area contributed by atoms with Gasteiger partial charge >= 0.3 is 0 Å². The lowest BCUT2D eigenvalue weighted by molar-refractivity contribution is -0.0337. The van der Waals surface area contributed by atoms with Crippen molar-refractivity contribution in [1.29, 1.82) is 0 Å². The Kier molecular flexibility index (Phi) is 4.76. The smallest absolute Gasteiger partial charge is 0.0952 e. The Morgan fingerprint density at radius 3 is 2.82 bits per heavy atom. The first kappa shape index (κ1) is 15.5. The summed E-state index contributed by atoms with van der Waals surface area (Å²) >= 11 is 5.96. The number of hydrogen-bond acceptors (Lipinski definition) is 4. The third kappa shape index (κ3) is 3.32. The summed E-state index contributed by atoms with van der Waals surface area (Å²) < 4.78 is 7.89. The second-order valence-electron chi connectivity index (χ2n) is 5.58. The maximum atomic E-state index is 5.96. The summed E-state index contributed by atoms with van der Waals surface area (Å²) in [5.74, 6) is 0. The molecule has 1 aliphatic heterocycles. The van der Waals surface area contributed by atoms with Crippen LogP contribution in [0.5, 0.6) is 0 Å². The maximum Gasteiger partial charge on any atom is 0.0952 e. The number of halogens is 1. The van der Waals surface area contributed by atoms with Gasteiger partial charge in [0.15, 0.2) is 0 Å². The number of hydrogen-bond donors (Lipinski definition) is 0. The zero-order valence-electron chi connectivity index (χ0n) is 13.0. The molecule has 1 saturated heterocycles. The van der Waals surface area contributed by atoms with Crippen LogP contribution in [-0.2, 0) is 17.8 Å². The molecule has 1 atom stereocenters. The van der Waals surface area contributed by atoms with Crippen LogP contribution in [0.1, 0.15) is 30.0 Å². The summed E-state index contributed by atoms with van der Waals surface area (Å²) in [7, 11) is 0. The van der Waals surface area contributed by atoms with Crippen LogP contribution < -0.4 is 0 Å². The molecule has 0 spiro atoms. The number of rotatable bonds is 4. The van der Waals surface area contributed by atoms with Gasteiger partial charge in [-0.25, -0.2) is 4.68 Å². The van der Waals surface area contributed by atoms with Gasteiger partial charge in [-0.15, -0.1) is 5.10 Å². The minimum Gasteiger partial charge on any atom is -0.371 e. The number of ether oxygens (including phenoxy) is 1. The third-order valence-corrected chi connectivity index (χ3v) is 4.35. The van der Waals surface area contributed by atoms with E-state index in [-0.39, 0.29) is 6.10 Å². The zero-order valence-corrected chi connectivity index (χ0v) is 13.8. The first-order chi connectivity index (χ1) is 10.7. The molecule has 0 radical (unpaired) electrons. The van der Waals surface area contributed by atoms with Crippen molar-refractivity contribution in [3.63, 3.8) is 0 Å². The number of aryl methyl sites for hydroxylation is 2. The van der Waals surface area contributed by atoms with Gasteiger partial charge in [0.25, 0.3) is 0 Å². The highest BCUT2D eigenvalue weighted by atomic mass is 35.5. The lowest BCUT2D eigenvalue weighted by Gasteiger charge is -2.33. The van der Waals surface area contributed by atoms with Crippen molar-refractivity contribution in [3.05, 3.63) is 46.2 Å². The topological polar surface area (TPSA) is 43.2 Å². The van der Waals surface area contributed by atoms with E-state index < -0.39 is 0 Å². The lowest BCUT2D eigenvalue weighted by atomic mass is 10.1. The minimum atomic E-state index is 0.0947. The van der Waals surface area contributed by atoms with Gasteiger partial charge in [0, 0.05) is 31.2 Å². The molecule has 2 aromatic rings. The van der Waals surface area contributed by atoms with E-state index in [1.165, 1.54) is 11.3 Å². The highest BCUT2D eigenvalue weighted by Gasteiger charge is 2.23. The molecule has 0 saturated carbocycles. The molecule has 0 bridgehead atoms. The molecular weight excluding hydrogens is 300 g/mol. The fourth-order valence-electron chi connectivity index (χ4n) is 2.81. The van der Waals surface area contributed by atoms with Crippen LogP contribution in [0.3, 0.4) is 0 Å². The second kappa shape index (κ2) is 6.77. The second-order valence-corrected chi connectivity index (χ2v) is 6.02. The van der Waals surface area contributed by atoms with E-state index in [2.05, 4.69) is 22.1 Å². The monoisotopic (exact) mass is 320 g/mol. The van der Waals surface area contributed by atoms with Crippen molar-refractivity contribution in [2.45, 2.75) is 33.0 Å². The van der Waals surface area contributed by atoms with Crippen molar-refractivity contribution < 1.29 is 4.74 Å². The normalized spacial score (nSPS) is 19.5. The van der Waals surface area contributed by atoms with Gasteiger partial charge in [0.05, 0.1) is 24.1 Å². The summed E-state index contributed by atoms with van der Waals surface area (Å²) in [6, 6.07) is 7.91. The van der Waals surface area contributed by atoms with Crippen LogP contribution in [-0.4, -0.2) is 39.6 Å². The molecule has 3 rings (SSSR count). The van der Waals surface area contributed by atoms with E-state index >= 15 is 0 Å². The number of benzene rings is 1. The number of aromatic nitrogens is 3. The number of nitrogens with zero attached hydrogens (tertiary/aromatic N) is 4. The largest absolute Gasteiger partial charge is 0.371 e. The van der Waals surface area contributed by atoms with Crippen LogP contribution in [0, 0.1) is 6.92 Å². The highest BCUT2D eigenvalue weighted by Crippen LogP contribution is 2.24. The minimum absolute atomic E-state index is 0.0947. The average molecular weight is 321 g/mol. The van der Waals surface area contributed by atoms with Crippen LogP contribution in [0.4, 0.5) is 0 Å². The summed E-state index contributed by atoms with van der Waals surface area (Å²) in [5, 5.41) is 9.12. The highest BCUT2D eigenvalue weighted by molar-refractivity contribution is 6.30. The lowest BCUT2D eigenvalue weighted by Crippen LogP contribution is -2.38. The summed E-state index contributed by atoms with van der Waals surface area (Å²) in [6.07, 6.45) is 0.0947. The van der Waals surface area contributed by atoms with Crippen molar-refractivity contribution in [3.8, 4) is 0 Å². The molecule has 1 fully saturated rings. The van der Waals surface area contributed by atoms with Crippen LogP contribution in [0.2, 0.25) is 5.02 Å². The Bertz CT molecular complexity index is 626. The fraction of sp³-hybridized carbons (Fsp3) is 0.500. The summed E-state index contributed by atoms with van der Waals surface area (Å²) in [4.78, 5) is 2.40. The molecular formula is C16H21ClN4O. The van der Waals surface area contributed by atoms with Gasteiger partial charge in [-0.05, 0) is 31.5 Å². The van der Waals surface area contributed by atoms with Gasteiger partial charge in [0.1, 0.15) is 0 Å². The fourth-order valence-corrected chi connectivity index (χ4v) is 2.93. The van der Waals surface area contributed by atoms with Crippen LogP contribution >= 0.6 is 11.6 Å². The molecule has 5 nitrogen and oxygen atoms in total. The molecule has 118 valence electrons. The predicted octanol–water partition coefficient (Wildman–Crippen LogP) is 2.83. The van der Waals surface area contributed by atoms with Gasteiger partial charge in [-0.1, -0.05) is 28.9 Å². The van der Waals surface area contributed by atoms with Crippen molar-refractivity contribution >= 4 is 11.6 Å². The van der Waals surface area contributed by atoms with Gasteiger partial charge < -0.3 is 4.74 Å². The molecule has 0 N–H and O–H groups in total. The average Bonchev–Trinajstić information content (AvgIpc) is 2.89. The Hall–Kier alpha value is -1.43. The summed E-state index contributed by atoms with van der Waals surface area (Å²) in [6.45, 7) is 8.36. The van der Waals surface area contributed by atoms with Crippen molar-refractivity contribution in [2.24, 2.45) is 0 Å². The molecule has 0 amide bonds. The third-order valence-electron chi connectivity index (χ3n) is 4.10. The predicted molar refractivity (Wildman–Crippen MR) is 85.9 cm³/mol. The molecule has 1 unspecified atom stereocenters. The SMILES string of the molecule is CCn1nnc(C)c1CN1CCOC(c2ccc(Cl)cc2)C1. The van der Waals surface area contributed by atoms with E-state index in [0.717, 1.165) is 43.5 Å². The van der Waals surface area contributed by atoms with Crippen LogP contribution in [0.15, 0.2) is 24.3 Å². The van der Waals surface area contributed by atoms with E-state index in [0.29, 0.717) is 0 Å². The molecule has 2 heterocycles. The van der Waals surface area contributed by atoms with Crippen molar-refractivity contribution in [2.75, 3.05) is 19.7 Å². The van der Waals surface area contributed by atoms with Crippen LogP contribution in [0.25, 0.3) is 0 Å². The number of morpholine rings is 1. The first-order valence-electron chi connectivity index (χ1n) is 7.65. The van der Waals surface area contributed by atoms with Crippen molar-refractivity contribution in [1.82, 2.24) is 19.9 Å².